The normalized spacial score (nSPS) is 34.8. The SMILES string of the molecule is O=C(O)C1(S)CCCO1. The van der Waals surface area contributed by atoms with Gasteiger partial charge in [-0.25, -0.2) is 4.79 Å². The van der Waals surface area contributed by atoms with Gasteiger partial charge in [0.1, 0.15) is 0 Å². The van der Waals surface area contributed by atoms with Gasteiger partial charge in [-0.2, -0.15) is 0 Å². The Morgan fingerprint density at radius 1 is 1.78 bits per heavy atom. The standard InChI is InChI=1S/C5H8O3S/c6-4(7)5(9)2-1-3-8-5/h9H,1-3H2,(H,6,7). The first kappa shape index (κ1) is 6.89. The molecule has 1 N–H and O–H groups in total. The molecule has 1 atom stereocenters. The van der Waals surface area contributed by atoms with Gasteiger partial charge in [-0.15, -0.1) is 12.6 Å². The highest BCUT2D eigenvalue weighted by atomic mass is 32.1. The van der Waals surface area contributed by atoms with Crippen molar-refractivity contribution in [1.82, 2.24) is 0 Å². The van der Waals surface area contributed by atoms with Gasteiger partial charge in [0.25, 0.3) is 0 Å². The number of carboxylic acid groups (broad SMARTS) is 1. The van der Waals surface area contributed by atoms with Crippen LogP contribution in [-0.2, 0) is 9.53 Å². The van der Waals surface area contributed by atoms with E-state index in [4.69, 9.17) is 9.84 Å². The lowest BCUT2D eigenvalue weighted by Crippen LogP contribution is -2.30. The molecule has 4 heteroatoms. The molecule has 1 heterocycles. The highest BCUT2D eigenvalue weighted by Gasteiger charge is 2.38. The number of carbonyl (C=O) groups is 1. The van der Waals surface area contributed by atoms with Crippen LogP contribution in [0.1, 0.15) is 12.8 Å². The Hall–Kier alpha value is -0.220. The van der Waals surface area contributed by atoms with Crippen molar-refractivity contribution < 1.29 is 14.6 Å². The van der Waals surface area contributed by atoms with Gasteiger partial charge in [0, 0.05) is 6.61 Å². The molecule has 0 spiro atoms. The molecule has 0 aromatic carbocycles. The Labute approximate surface area is 58.4 Å². The van der Waals surface area contributed by atoms with E-state index in [2.05, 4.69) is 12.6 Å². The van der Waals surface area contributed by atoms with Gasteiger partial charge in [0.15, 0.2) is 0 Å². The fourth-order valence-corrected chi connectivity index (χ4v) is 1.04. The van der Waals surface area contributed by atoms with Crippen LogP contribution in [0.2, 0.25) is 0 Å². The van der Waals surface area contributed by atoms with Crippen molar-refractivity contribution in [1.29, 1.82) is 0 Å². The summed E-state index contributed by atoms with van der Waals surface area (Å²) >= 11 is 3.85. The lowest BCUT2D eigenvalue weighted by molar-refractivity contribution is -0.150. The molecule has 0 bridgehead atoms. The Morgan fingerprint density at radius 3 is 2.67 bits per heavy atom. The van der Waals surface area contributed by atoms with E-state index in [0.29, 0.717) is 13.0 Å². The average Bonchev–Trinajstić information content (AvgIpc) is 2.16. The van der Waals surface area contributed by atoms with Crippen molar-refractivity contribution >= 4 is 18.6 Å². The molecule has 1 unspecified atom stereocenters. The Kier molecular flexibility index (Phi) is 1.68. The Morgan fingerprint density at radius 2 is 2.44 bits per heavy atom. The predicted octanol–water partition coefficient (Wildman–Crippen LogP) is 0.508. The van der Waals surface area contributed by atoms with Crippen LogP contribution in [0.15, 0.2) is 0 Å². The van der Waals surface area contributed by atoms with Gasteiger partial charge in [0.05, 0.1) is 0 Å². The van der Waals surface area contributed by atoms with Crippen molar-refractivity contribution in [3.05, 3.63) is 0 Å². The summed E-state index contributed by atoms with van der Waals surface area (Å²) in [6.45, 7) is 0.510. The summed E-state index contributed by atoms with van der Waals surface area (Å²) in [6, 6.07) is 0. The molecular formula is C5H8O3S. The lowest BCUT2D eigenvalue weighted by atomic mass is 10.2. The van der Waals surface area contributed by atoms with E-state index in [1.165, 1.54) is 0 Å². The second kappa shape index (κ2) is 2.19. The molecule has 0 aromatic heterocycles. The average molecular weight is 148 g/mol. The highest BCUT2D eigenvalue weighted by molar-refractivity contribution is 7.82. The molecule has 1 fully saturated rings. The third-order valence-corrected chi connectivity index (χ3v) is 1.88. The number of thiol groups is 1. The highest BCUT2D eigenvalue weighted by Crippen LogP contribution is 2.29. The minimum absolute atomic E-state index is 0.505. The van der Waals surface area contributed by atoms with Crippen molar-refractivity contribution in [2.24, 2.45) is 0 Å². The lowest BCUT2D eigenvalue weighted by Gasteiger charge is -2.14. The van der Waals surface area contributed by atoms with Crippen LogP contribution in [0.3, 0.4) is 0 Å². The van der Waals surface area contributed by atoms with Crippen LogP contribution in [0.25, 0.3) is 0 Å². The third kappa shape index (κ3) is 1.19. The third-order valence-electron chi connectivity index (χ3n) is 1.34. The number of hydrogen-bond donors (Lipinski definition) is 2. The largest absolute Gasteiger partial charge is 0.478 e. The maximum absolute atomic E-state index is 10.3. The van der Waals surface area contributed by atoms with E-state index in [1.54, 1.807) is 0 Å². The molecule has 0 radical (unpaired) electrons. The molecule has 3 nitrogen and oxygen atoms in total. The van der Waals surface area contributed by atoms with Crippen molar-refractivity contribution in [2.75, 3.05) is 6.61 Å². The Bertz CT molecular complexity index is 128. The van der Waals surface area contributed by atoms with Crippen molar-refractivity contribution in [3.63, 3.8) is 0 Å². The van der Waals surface area contributed by atoms with E-state index in [1.807, 2.05) is 0 Å². The Balaban J connectivity index is 2.61. The van der Waals surface area contributed by atoms with Gasteiger partial charge in [0.2, 0.25) is 4.93 Å². The molecule has 1 aliphatic heterocycles. The molecule has 1 rings (SSSR count). The second-order valence-corrected chi connectivity index (χ2v) is 2.76. The first-order valence-corrected chi connectivity index (χ1v) is 3.19. The van der Waals surface area contributed by atoms with Gasteiger partial charge in [-0.3, -0.25) is 0 Å². The fraction of sp³-hybridized carbons (Fsp3) is 0.800. The van der Waals surface area contributed by atoms with Crippen LogP contribution in [0.5, 0.6) is 0 Å². The number of hydrogen-bond acceptors (Lipinski definition) is 3. The maximum atomic E-state index is 10.3. The molecule has 52 valence electrons. The number of aliphatic carboxylic acids is 1. The minimum Gasteiger partial charge on any atom is -0.478 e. The first-order valence-electron chi connectivity index (χ1n) is 2.75. The number of carboxylic acids is 1. The van der Waals surface area contributed by atoms with Gasteiger partial charge >= 0.3 is 5.97 Å². The van der Waals surface area contributed by atoms with Crippen LogP contribution in [-0.4, -0.2) is 22.6 Å². The van der Waals surface area contributed by atoms with Crippen LogP contribution in [0, 0.1) is 0 Å². The van der Waals surface area contributed by atoms with Gasteiger partial charge in [-0.1, -0.05) is 0 Å². The van der Waals surface area contributed by atoms with Gasteiger partial charge < -0.3 is 9.84 Å². The summed E-state index contributed by atoms with van der Waals surface area (Å²) in [6.07, 6.45) is 1.29. The predicted molar refractivity (Wildman–Crippen MR) is 34.5 cm³/mol. The number of ether oxygens (including phenoxy) is 1. The monoisotopic (exact) mass is 148 g/mol. The topological polar surface area (TPSA) is 46.5 Å². The first-order chi connectivity index (χ1) is 4.15. The summed E-state index contributed by atoms with van der Waals surface area (Å²) in [7, 11) is 0. The number of rotatable bonds is 1. The van der Waals surface area contributed by atoms with Crippen LogP contribution >= 0.6 is 12.6 Å². The van der Waals surface area contributed by atoms with Gasteiger partial charge in [-0.05, 0) is 12.8 Å². The second-order valence-electron chi connectivity index (χ2n) is 2.04. The smallest absolute Gasteiger partial charge is 0.346 e. The van der Waals surface area contributed by atoms with Crippen LogP contribution in [0.4, 0.5) is 0 Å². The zero-order valence-corrected chi connectivity index (χ0v) is 5.73. The van der Waals surface area contributed by atoms with E-state index < -0.39 is 10.9 Å². The van der Waals surface area contributed by atoms with Crippen molar-refractivity contribution in [3.8, 4) is 0 Å². The molecule has 1 aliphatic rings. The molecule has 1 saturated heterocycles. The fourth-order valence-electron chi connectivity index (χ4n) is 0.794. The summed E-state index contributed by atoms with van der Waals surface area (Å²) in [5, 5.41) is 8.47. The van der Waals surface area contributed by atoms with Crippen LogP contribution < -0.4 is 0 Å². The summed E-state index contributed by atoms with van der Waals surface area (Å²) in [5.41, 5.74) is 0. The maximum Gasteiger partial charge on any atom is 0.346 e. The summed E-state index contributed by atoms with van der Waals surface area (Å²) in [5.74, 6) is -0.983. The minimum atomic E-state index is -1.19. The quantitative estimate of drug-likeness (QED) is 0.532. The van der Waals surface area contributed by atoms with E-state index in [0.717, 1.165) is 6.42 Å². The van der Waals surface area contributed by atoms with E-state index in [-0.39, 0.29) is 0 Å². The molecule has 0 aromatic rings. The van der Waals surface area contributed by atoms with E-state index in [9.17, 15) is 4.79 Å². The van der Waals surface area contributed by atoms with Crippen molar-refractivity contribution in [2.45, 2.75) is 17.8 Å². The zero-order chi connectivity index (χ0) is 6.91. The molecule has 9 heavy (non-hydrogen) atoms. The molecular weight excluding hydrogens is 140 g/mol. The zero-order valence-electron chi connectivity index (χ0n) is 4.83. The summed E-state index contributed by atoms with van der Waals surface area (Å²) < 4.78 is 4.87. The molecule has 0 saturated carbocycles. The molecule has 0 aliphatic carbocycles. The molecule has 0 amide bonds. The van der Waals surface area contributed by atoms with E-state index >= 15 is 0 Å². The summed E-state index contributed by atoms with van der Waals surface area (Å²) in [4.78, 5) is 9.13.